The number of nitrogens with one attached hydrogen (secondary N) is 1. The van der Waals surface area contributed by atoms with Crippen molar-refractivity contribution in [3.8, 4) is 0 Å². The second kappa shape index (κ2) is 4.96. The number of carbonyl (C=O) groups is 2. The number of rotatable bonds is 1. The summed E-state index contributed by atoms with van der Waals surface area (Å²) in [6.45, 7) is 0.656. The molecule has 0 aromatic carbocycles. The third-order valence-electron chi connectivity index (χ3n) is 4.00. The van der Waals surface area contributed by atoms with Gasteiger partial charge in [0.05, 0.1) is 0 Å². The van der Waals surface area contributed by atoms with Gasteiger partial charge in [-0.25, -0.2) is 4.90 Å². The normalized spacial score (nSPS) is 25.1. The van der Waals surface area contributed by atoms with Crippen molar-refractivity contribution in [2.45, 2.75) is 38.5 Å². The number of hydrogen-bond donors (Lipinski definition) is 1. The first-order valence-corrected chi connectivity index (χ1v) is 7.16. The number of amidine groups is 1. The molecule has 0 spiro atoms. The molecule has 2 aliphatic heterocycles. The fourth-order valence-electron chi connectivity index (χ4n) is 3.03. The van der Waals surface area contributed by atoms with E-state index in [-0.39, 0.29) is 16.9 Å². The smallest absolute Gasteiger partial charge is 0.278 e. The minimum atomic E-state index is -0.408. The number of imide groups is 1. The molecule has 3 rings (SSSR count). The Morgan fingerprint density at radius 1 is 1.16 bits per heavy atom. The third-order valence-corrected chi connectivity index (χ3v) is 4.37. The second-order valence-electron chi connectivity index (χ2n) is 5.19. The first-order chi connectivity index (χ1) is 9.20. The highest BCUT2D eigenvalue weighted by Gasteiger charge is 2.43. The summed E-state index contributed by atoms with van der Waals surface area (Å²) in [6, 6.07) is 0. The quantitative estimate of drug-likeness (QED) is 0.745. The Morgan fingerprint density at radius 3 is 2.53 bits per heavy atom. The van der Waals surface area contributed by atoms with Gasteiger partial charge < -0.3 is 5.43 Å². The van der Waals surface area contributed by atoms with Gasteiger partial charge in [0.15, 0.2) is 0 Å². The first kappa shape index (κ1) is 12.7. The molecule has 19 heavy (non-hydrogen) atoms. The molecular weight excluding hydrogens is 266 g/mol. The summed E-state index contributed by atoms with van der Waals surface area (Å²) in [5.74, 6) is -0.0457. The summed E-state index contributed by atoms with van der Waals surface area (Å²) in [4.78, 5) is 25.8. The van der Waals surface area contributed by atoms with Crippen molar-refractivity contribution in [1.29, 1.82) is 0 Å². The van der Waals surface area contributed by atoms with E-state index >= 15 is 0 Å². The van der Waals surface area contributed by atoms with Crippen molar-refractivity contribution in [1.82, 2.24) is 10.3 Å². The van der Waals surface area contributed by atoms with Gasteiger partial charge in [-0.15, -0.1) is 0 Å². The largest absolute Gasteiger partial charge is 0.308 e. The van der Waals surface area contributed by atoms with Crippen LogP contribution in [0.4, 0.5) is 0 Å². The summed E-state index contributed by atoms with van der Waals surface area (Å²) in [7, 11) is 0. The van der Waals surface area contributed by atoms with Crippen LogP contribution in [0.2, 0.25) is 0 Å². The van der Waals surface area contributed by atoms with Gasteiger partial charge in [-0.05, 0) is 18.8 Å². The molecule has 6 heteroatoms. The predicted octanol–water partition coefficient (Wildman–Crippen LogP) is 1.74. The summed E-state index contributed by atoms with van der Waals surface area (Å²) >= 11 is 6.12. The van der Waals surface area contributed by atoms with Crippen LogP contribution in [-0.4, -0.2) is 29.1 Å². The lowest BCUT2D eigenvalue weighted by molar-refractivity contribution is -0.132. The number of carbonyl (C=O) groups excluding carboxylic acids is 2. The van der Waals surface area contributed by atoms with Crippen molar-refractivity contribution < 1.29 is 9.59 Å². The van der Waals surface area contributed by atoms with Gasteiger partial charge >= 0.3 is 0 Å². The summed E-state index contributed by atoms with van der Waals surface area (Å²) in [5.41, 5.74) is 3.29. The molecule has 0 aromatic rings. The van der Waals surface area contributed by atoms with E-state index in [2.05, 4.69) is 10.5 Å². The van der Waals surface area contributed by atoms with E-state index in [4.69, 9.17) is 11.6 Å². The van der Waals surface area contributed by atoms with E-state index in [9.17, 15) is 9.59 Å². The fraction of sp³-hybridized carbons (Fsp3) is 0.615. The van der Waals surface area contributed by atoms with Gasteiger partial charge in [-0.2, -0.15) is 5.10 Å². The molecule has 2 amide bonds. The maximum atomic E-state index is 12.5. The van der Waals surface area contributed by atoms with Crippen LogP contribution in [0, 0.1) is 5.92 Å². The lowest BCUT2D eigenvalue weighted by Gasteiger charge is -2.22. The lowest BCUT2D eigenvalue weighted by atomic mass is 9.83. The molecular formula is C13H16ClN3O2. The third kappa shape index (κ3) is 2.06. The van der Waals surface area contributed by atoms with Crippen LogP contribution in [0.25, 0.3) is 0 Å². The highest BCUT2D eigenvalue weighted by molar-refractivity contribution is 6.50. The van der Waals surface area contributed by atoms with Gasteiger partial charge in [0.1, 0.15) is 10.9 Å². The Bertz CT molecular complexity index is 492. The minimum absolute atomic E-state index is 0.103. The number of nitrogens with zero attached hydrogens (tertiary/aromatic N) is 2. The van der Waals surface area contributed by atoms with Gasteiger partial charge in [0, 0.05) is 18.5 Å². The number of hydrazone groups is 1. The molecule has 1 N–H and O–H groups in total. The molecule has 0 saturated heterocycles. The zero-order valence-electron chi connectivity index (χ0n) is 10.6. The number of hydrogen-bond acceptors (Lipinski definition) is 4. The summed E-state index contributed by atoms with van der Waals surface area (Å²) < 4.78 is 0. The first-order valence-electron chi connectivity index (χ1n) is 6.78. The highest BCUT2D eigenvalue weighted by Crippen LogP contribution is 2.37. The molecule has 0 unspecified atom stereocenters. The number of halogens is 1. The lowest BCUT2D eigenvalue weighted by Crippen LogP contribution is -2.37. The van der Waals surface area contributed by atoms with Crippen LogP contribution in [0.3, 0.4) is 0 Å². The second-order valence-corrected chi connectivity index (χ2v) is 5.57. The van der Waals surface area contributed by atoms with Crippen LogP contribution in [0.5, 0.6) is 0 Å². The minimum Gasteiger partial charge on any atom is -0.308 e. The predicted molar refractivity (Wildman–Crippen MR) is 71.4 cm³/mol. The molecule has 1 fully saturated rings. The van der Waals surface area contributed by atoms with Gasteiger partial charge in [0.2, 0.25) is 0 Å². The molecule has 2 heterocycles. The van der Waals surface area contributed by atoms with Crippen molar-refractivity contribution in [2.75, 3.05) is 6.54 Å². The average molecular weight is 282 g/mol. The van der Waals surface area contributed by atoms with E-state index in [1.165, 1.54) is 6.42 Å². The van der Waals surface area contributed by atoms with Crippen LogP contribution in [0.1, 0.15) is 38.5 Å². The van der Waals surface area contributed by atoms with Crippen LogP contribution >= 0.6 is 11.6 Å². The van der Waals surface area contributed by atoms with E-state index < -0.39 is 5.91 Å². The Hall–Kier alpha value is -1.36. The highest BCUT2D eigenvalue weighted by atomic mass is 35.5. The Kier molecular flexibility index (Phi) is 3.31. The van der Waals surface area contributed by atoms with Gasteiger partial charge in [0.25, 0.3) is 11.8 Å². The standard InChI is InChI=1S/C13H16ClN3O2/c14-11-10(8-4-2-1-3-5-8)12(18)17(13(11)19)9-6-7-15-16-9/h8,15H,1-7H2. The molecule has 3 aliphatic rings. The zero-order chi connectivity index (χ0) is 13.4. The average Bonchev–Trinajstić information content (AvgIpc) is 3.00. The fourth-order valence-corrected chi connectivity index (χ4v) is 3.35. The molecule has 0 aromatic heterocycles. The molecule has 1 saturated carbocycles. The van der Waals surface area contributed by atoms with E-state index in [1.54, 1.807) is 0 Å². The number of amides is 2. The van der Waals surface area contributed by atoms with Gasteiger partial charge in [-0.3, -0.25) is 9.59 Å². The van der Waals surface area contributed by atoms with Crippen molar-refractivity contribution in [3.05, 3.63) is 10.6 Å². The van der Waals surface area contributed by atoms with Crippen LogP contribution in [-0.2, 0) is 9.59 Å². The summed E-state index contributed by atoms with van der Waals surface area (Å²) in [5, 5.41) is 4.10. The Labute approximate surface area is 116 Å². The van der Waals surface area contributed by atoms with Crippen LogP contribution < -0.4 is 5.43 Å². The van der Waals surface area contributed by atoms with E-state index in [0.717, 1.165) is 30.6 Å². The molecule has 0 bridgehead atoms. The van der Waals surface area contributed by atoms with Crippen molar-refractivity contribution in [3.63, 3.8) is 0 Å². The van der Waals surface area contributed by atoms with Gasteiger partial charge in [-0.1, -0.05) is 30.9 Å². The molecule has 1 aliphatic carbocycles. The van der Waals surface area contributed by atoms with Crippen LogP contribution in [0.15, 0.2) is 15.7 Å². The van der Waals surface area contributed by atoms with E-state index in [0.29, 0.717) is 24.4 Å². The maximum Gasteiger partial charge on any atom is 0.278 e. The zero-order valence-corrected chi connectivity index (χ0v) is 11.4. The maximum absolute atomic E-state index is 12.5. The Morgan fingerprint density at radius 2 is 1.89 bits per heavy atom. The topological polar surface area (TPSA) is 61.8 Å². The Balaban J connectivity index is 1.88. The van der Waals surface area contributed by atoms with Crippen molar-refractivity contribution >= 4 is 29.3 Å². The molecule has 0 radical (unpaired) electrons. The molecule has 0 atom stereocenters. The molecule has 102 valence electrons. The van der Waals surface area contributed by atoms with Crippen molar-refractivity contribution in [2.24, 2.45) is 11.0 Å². The molecule has 5 nitrogen and oxygen atoms in total. The summed E-state index contributed by atoms with van der Waals surface area (Å²) in [6.07, 6.45) is 5.88. The monoisotopic (exact) mass is 281 g/mol. The SMILES string of the molecule is O=C1C(Cl)=C(C2CCCCC2)C(=O)N1C1=NNCC1. The van der Waals surface area contributed by atoms with E-state index in [1.807, 2.05) is 0 Å².